The van der Waals surface area contributed by atoms with Crippen LogP contribution in [0.2, 0.25) is 0 Å². The van der Waals surface area contributed by atoms with Crippen molar-refractivity contribution in [1.82, 2.24) is 0 Å². The molecule has 2 rings (SSSR count). The first-order chi connectivity index (χ1) is 10.2. The Kier molecular flexibility index (Phi) is 6.35. The highest BCUT2D eigenvalue weighted by Crippen LogP contribution is 2.18. The summed E-state index contributed by atoms with van der Waals surface area (Å²) in [6, 6.07) is 19.6. The van der Waals surface area contributed by atoms with Crippen LogP contribution in [0.3, 0.4) is 0 Å². The number of rotatable bonds is 7. The number of esters is 1. The summed E-state index contributed by atoms with van der Waals surface area (Å²) in [6.45, 7) is 2.07. The SMILES string of the molecule is C[C@@H](CC(=O)Oc1ccccc1)SCCc1ccccc1. The molecule has 0 spiro atoms. The van der Waals surface area contributed by atoms with E-state index in [0.717, 1.165) is 12.2 Å². The number of carbonyl (C=O) groups is 1. The second-order valence-electron chi connectivity index (χ2n) is 4.91. The van der Waals surface area contributed by atoms with E-state index in [1.54, 1.807) is 12.1 Å². The minimum Gasteiger partial charge on any atom is -0.427 e. The summed E-state index contributed by atoms with van der Waals surface area (Å²) in [7, 11) is 0. The Hall–Kier alpha value is -1.74. The predicted molar refractivity (Wildman–Crippen MR) is 88.8 cm³/mol. The highest BCUT2D eigenvalue weighted by Gasteiger charge is 2.11. The summed E-state index contributed by atoms with van der Waals surface area (Å²) in [5.41, 5.74) is 1.34. The van der Waals surface area contributed by atoms with Gasteiger partial charge in [-0.05, 0) is 29.9 Å². The molecule has 0 radical (unpaired) electrons. The maximum atomic E-state index is 11.8. The molecule has 0 fully saturated rings. The van der Waals surface area contributed by atoms with Crippen LogP contribution in [0, 0.1) is 0 Å². The van der Waals surface area contributed by atoms with E-state index in [2.05, 4.69) is 31.2 Å². The lowest BCUT2D eigenvalue weighted by atomic mass is 10.2. The minimum atomic E-state index is -0.166. The van der Waals surface area contributed by atoms with Gasteiger partial charge in [0.15, 0.2) is 0 Å². The Bertz CT molecular complexity index is 540. The lowest BCUT2D eigenvalue weighted by Crippen LogP contribution is -2.14. The maximum Gasteiger partial charge on any atom is 0.312 e. The van der Waals surface area contributed by atoms with E-state index >= 15 is 0 Å². The van der Waals surface area contributed by atoms with Crippen LogP contribution in [-0.2, 0) is 11.2 Å². The van der Waals surface area contributed by atoms with Crippen LogP contribution in [-0.4, -0.2) is 17.0 Å². The standard InChI is InChI=1S/C18H20O2S/c1-15(21-13-12-16-8-4-2-5-9-16)14-18(19)20-17-10-6-3-7-11-17/h2-11,15H,12-14H2,1H3/t15-/m0/s1. The fourth-order valence-electron chi connectivity index (χ4n) is 1.98. The first-order valence-electron chi connectivity index (χ1n) is 7.15. The van der Waals surface area contributed by atoms with Gasteiger partial charge < -0.3 is 4.74 Å². The van der Waals surface area contributed by atoms with E-state index in [0.29, 0.717) is 12.2 Å². The van der Waals surface area contributed by atoms with Crippen molar-refractivity contribution in [3.05, 3.63) is 66.2 Å². The van der Waals surface area contributed by atoms with E-state index in [-0.39, 0.29) is 11.2 Å². The summed E-state index contributed by atoms with van der Waals surface area (Å²) in [4.78, 5) is 11.8. The van der Waals surface area contributed by atoms with Crippen molar-refractivity contribution in [2.24, 2.45) is 0 Å². The molecule has 1 atom stereocenters. The summed E-state index contributed by atoms with van der Waals surface area (Å²) in [5, 5.41) is 0.268. The first-order valence-corrected chi connectivity index (χ1v) is 8.20. The van der Waals surface area contributed by atoms with Crippen molar-refractivity contribution in [1.29, 1.82) is 0 Å². The molecule has 2 aromatic carbocycles. The molecule has 0 aliphatic rings. The summed E-state index contributed by atoms with van der Waals surface area (Å²) in [6.07, 6.45) is 1.47. The van der Waals surface area contributed by atoms with Gasteiger partial charge in [0.05, 0.1) is 6.42 Å². The molecule has 2 nitrogen and oxygen atoms in total. The highest BCUT2D eigenvalue weighted by molar-refractivity contribution is 7.99. The monoisotopic (exact) mass is 300 g/mol. The summed E-state index contributed by atoms with van der Waals surface area (Å²) >= 11 is 1.81. The van der Waals surface area contributed by atoms with Crippen molar-refractivity contribution in [2.45, 2.75) is 25.0 Å². The van der Waals surface area contributed by atoms with Gasteiger partial charge in [0, 0.05) is 5.25 Å². The van der Waals surface area contributed by atoms with Gasteiger partial charge in [-0.2, -0.15) is 11.8 Å². The van der Waals surface area contributed by atoms with Gasteiger partial charge in [-0.25, -0.2) is 0 Å². The second-order valence-corrected chi connectivity index (χ2v) is 6.45. The zero-order valence-corrected chi connectivity index (χ0v) is 13.0. The zero-order chi connectivity index (χ0) is 14.9. The molecule has 0 saturated heterocycles. The Morgan fingerprint density at radius 3 is 2.33 bits per heavy atom. The van der Waals surface area contributed by atoms with E-state index in [4.69, 9.17) is 4.74 Å². The lowest BCUT2D eigenvalue weighted by Gasteiger charge is -2.10. The summed E-state index contributed by atoms with van der Waals surface area (Å²) < 4.78 is 5.30. The van der Waals surface area contributed by atoms with E-state index in [1.807, 2.05) is 36.0 Å². The predicted octanol–water partition coefficient (Wildman–Crippen LogP) is 4.35. The average Bonchev–Trinajstić information content (AvgIpc) is 2.49. The number of hydrogen-bond donors (Lipinski definition) is 0. The van der Waals surface area contributed by atoms with Gasteiger partial charge in [-0.1, -0.05) is 55.5 Å². The molecule has 110 valence electrons. The maximum absolute atomic E-state index is 11.8. The van der Waals surface area contributed by atoms with Gasteiger partial charge in [0.25, 0.3) is 0 Å². The normalized spacial score (nSPS) is 11.9. The average molecular weight is 300 g/mol. The van der Waals surface area contributed by atoms with Crippen molar-refractivity contribution in [3.8, 4) is 5.75 Å². The van der Waals surface area contributed by atoms with Crippen LogP contribution >= 0.6 is 11.8 Å². The van der Waals surface area contributed by atoms with Crippen molar-refractivity contribution in [2.75, 3.05) is 5.75 Å². The van der Waals surface area contributed by atoms with E-state index in [9.17, 15) is 4.79 Å². The molecule has 0 aromatic heterocycles. The molecule has 21 heavy (non-hydrogen) atoms. The van der Waals surface area contributed by atoms with E-state index < -0.39 is 0 Å². The molecule has 0 aliphatic heterocycles. The van der Waals surface area contributed by atoms with Crippen LogP contribution in [0.4, 0.5) is 0 Å². The van der Waals surface area contributed by atoms with Gasteiger partial charge in [-0.15, -0.1) is 0 Å². The molecule has 0 amide bonds. The molecule has 0 saturated carbocycles. The van der Waals surface area contributed by atoms with Crippen LogP contribution in [0.15, 0.2) is 60.7 Å². The quantitative estimate of drug-likeness (QED) is 0.562. The second kappa shape index (κ2) is 8.53. The van der Waals surface area contributed by atoms with Crippen LogP contribution in [0.5, 0.6) is 5.75 Å². The van der Waals surface area contributed by atoms with Crippen molar-refractivity contribution < 1.29 is 9.53 Å². The van der Waals surface area contributed by atoms with E-state index in [1.165, 1.54) is 5.56 Å². The first kappa shape index (κ1) is 15.6. The number of aryl methyl sites for hydroxylation is 1. The lowest BCUT2D eigenvalue weighted by molar-refractivity contribution is -0.134. The number of benzene rings is 2. The number of ether oxygens (including phenoxy) is 1. The van der Waals surface area contributed by atoms with Crippen LogP contribution in [0.25, 0.3) is 0 Å². The van der Waals surface area contributed by atoms with Gasteiger partial charge in [0.2, 0.25) is 0 Å². The third-order valence-corrected chi connectivity index (χ3v) is 4.24. The fourth-order valence-corrected chi connectivity index (χ4v) is 2.99. The Labute approximate surface area is 130 Å². The third kappa shape index (κ3) is 6.05. The Morgan fingerprint density at radius 2 is 1.67 bits per heavy atom. The van der Waals surface area contributed by atoms with Gasteiger partial charge in [-0.3, -0.25) is 4.79 Å². The Balaban J connectivity index is 1.67. The fraction of sp³-hybridized carbons (Fsp3) is 0.278. The van der Waals surface area contributed by atoms with Crippen LogP contribution in [0.1, 0.15) is 18.9 Å². The zero-order valence-electron chi connectivity index (χ0n) is 12.2. The molecular formula is C18H20O2S. The Morgan fingerprint density at radius 1 is 1.05 bits per heavy atom. The molecule has 0 heterocycles. The molecule has 3 heteroatoms. The number of thioether (sulfide) groups is 1. The molecule has 0 bridgehead atoms. The molecule has 0 N–H and O–H groups in total. The molecule has 0 unspecified atom stereocenters. The minimum absolute atomic E-state index is 0.166. The molecular weight excluding hydrogens is 280 g/mol. The van der Waals surface area contributed by atoms with Crippen LogP contribution < -0.4 is 4.74 Å². The number of hydrogen-bond acceptors (Lipinski definition) is 3. The smallest absolute Gasteiger partial charge is 0.312 e. The largest absolute Gasteiger partial charge is 0.427 e. The van der Waals surface area contributed by atoms with Gasteiger partial charge in [0.1, 0.15) is 5.75 Å². The topological polar surface area (TPSA) is 26.3 Å². The highest BCUT2D eigenvalue weighted by atomic mass is 32.2. The van der Waals surface area contributed by atoms with Crippen molar-refractivity contribution in [3.63, 3.8) is 0 Å². The number of para-hydroxylation sites is 1. The molecule has 0 aliphatic carbocycles. The summed E-state index contributed by atoms with van der Waals surface area (Å²) in [5.74, 6) is 1.47. The number of carbonyl (C=O) groups excluding carboxylic acids is 1. The van der Waals surface area contributed by atoms with Crippen molar-refractivity contribution >= 4 is 17.7 Å². The third-order valence-electron chi connectivity index (χ3n) is 3.06. The molecule has 2 aromatic rings. The van der Waals surface area contributed by atoms with Gasteiger partial charge >= 0.3 is 5.97 Å².